The molecule has 2 atom stereocenters. The van der Waals surface area contributed by atoms with Gasteiger partial charge in [-0.3, -0.25) is 4.90 Å². The Morgan fingerprint density at radius 1 is 1.19 bits per heavy atom. The summed E-state index contributed by atoms with van der Waals surface area (Å²) in [7, 11) is 0. The van der Waals surface area contributed by atoms with E-state index in [1.54, 1.807) is 20.8 Å². The van der Waals surface area contributed by atoms with Gasteiger partial charge in [0.1, 0.15) is 11.6 Å². The van der Waals surface area contributed by atoms with Crippen LogP contribution < -0.4 is 0 Å². The molecule has 0 radical (unpaired) electrons. The van der Waals surface area contributed by atoms with Gasteiger partial charge in [-0.25, -0.2) is 9.59 Å². The second-order valence-corrected chi connectivity index (χ2v) is 8.12. The largest absolute Gasteiger partial charge is 0.480 e. The van der Waals surface area contributed by atoms with Gasteiger partial charge in [0, 0.05) is 6.54 Å². The van der Waals surface area contributed by atoms with Crippen molar-refractivity contribution in [3.8, 4) is 0 Å². The zero-order valence-corrected chi connectivity index (χ0v) is 14.1. The molecule has 1 fully saturated rings. The third-order valence-corrected chi connectivity index (χ3v) is 3.51. The summed E-state index contributed by atoms with van der Waals surface area (Å²) in [5.74, 6) is -0.960. The van der Waals surface area contributed by atoms with Crippen LogP contribution in [0.3, 0.4) is 0 Å². The van der Waals surface area contributed by atoms with Crippen LogP contribution in [0, 0.1) is 11.3 Å². The highest BCUT2D eigenvalue weighted by atomic mass is 16.6. The highest BCUT2D eigenvalue weighted by molar-refractivity contribution is 5.80. The van der Waals surface area contributed by atoms with E-state index in [-0.39, 0.29) is 11.3 Å². The van der Waals surface area contributed by atoms with E-state index in [9.17, 15) is 14.7 Å². The number of likely N-dealkylation sites (tertiary alicyclic amines) is 1. The molecule has 0 aromatic carbocycles. The Hall–Kier alpha value is -1.26. The van der Waals surface area contributed by atoms with E-state index in [1.807, 2.05) is 0 Å². The van der Waals surface area contributed by atoms with Crippen molar-refractivity contribution in [3.63, 3.8) is 0 Å². The fourth-order valence-electron chi connectivity index (χ4n) is 2.94. The molecule has 0 aromatic rings. The van der Waals surface area contributed by atoms with Crippen molar-refractivity contribution in [1.29, 1.82) is 0 Å². The predicted octanol–water partition coefficient (Wildman–Crippen LogP) is 3.52. The number of ether oxygens (including phenoxy) is 1. The third-order valence-electron chi connectivity index (χ3n) is 3.51. The first-order valence-corrected chi connectivity index (χ1v) is 7.63. The fraction of sp³-hybridized carbons (Fsp3) is 0.875. The molecule has 5 heteroatoms. The second kappa shape index (κ2) is 6.24. The van der Waals surface area contributed by atoms with Crippen LogP contribution in [-0.2, 0) is 9.53 Å². The molecule has 2 unspecified atom stereocenters. The fourth-order valence-corrected chi connectivity index (χ4v) is 2.94. The highest BCUT2D eigenvalue weighted by Gasteiger charge is 2.42. The maximum Gasteiger partial charge on any atom is 0.411 e. The number of nitrogens with zero attached hydrogens (tertiary/aromatic N) is 1. The molecule has 1 N–H and O–H groups in total. The molecule has 1 aliphatic heterocycles. The molecule has 0 saturated carbocycles. The summed E-state index contributed by atoms with van der Waals surface area (Å²) < 4.78 is 5.36. The van der Waals surface area contributed by atoms with Crippen LogP contribution in [0.25, 0.3) is 0 Å². The van der Waals surface area contributed by atoms with Crippen molar-refractivity contribution in [2.24, 2.45) is 11.3 Å². The van der Waals surface area contributed by atoms with Crippen LogP contribution in [0.5, 0.6) is 0 Å². The minimum Gasteiger partial charge on any atom is -0.480 e. The van der Waals surface area contributed by atoms with Gasteiger partial charge in [-0.1, -0.05) is 20.8 Å². The van der Waals surface area contributed by atoms with Crippen molar-refractivity contribution in [1.82, 2.24) is 4.90 Å². The van der Waals surface area contributed by atoms with Crippen molar-refractivity contribution >= 4 is 12.1 Å². The number of amides is 1. The first-order chi connectivity index (χ1) is 9.41. The molecule has 1 aliphatic rings. The van der Waals surface area contributed by atoms with Gasteiger partial charge in [0.05, 0.1) is 0 Å². The molecule has 1 heterocycles. The Kier molecular flexibility index (Phi) is 5.29. The van der Waals surface area contributed by atoms with Crippen LogP contribution in [0.4, 0.5) is 4.79 Å². The number of hydrogen-bond donors (Lipinski definition) is 1. The normalized spacial score (nSPS) is 23.8. The number of aliphatic carboxylic acids is 1. The number of carbonyl (C=O) groups is 2. The molecule has 5 nitrogen and oxygen atoms in total. The van der Waals surface area contributed by atoms with Crippen molar-refractivity contribution in [2.45, 2.75) is 72.4 Å². The standard InChI is InChI=1S/C16H29NO4/c1-15(2,3)10-11-8-7-9-17(12(11)13(18)19)14(20)21-16(4,5)6/h11-12H,7-10H2,1-6H3,(H,18,19). The number of carboxylic acid groups (broad SMARTS) is 1. The number of carbonyl (C=O) groups excluding carboxylic acids is 1. The van der Waals surface area contributed by atoms with Gasteiger partial charge in [0.2, 0.25) is 0 Å². The lowest BCUT2D eigenvalue weighted by Gasteiger charge is -2.41. The van der Waals surface area contributed by atoms with E-state index in [4.69, 9.17) is 4.74 Å². The summed E-state index contributed by atoms with van der Waals surface area (Å²) in [5, 5.41) is 9.57. The first-order valence-electron chi connectivity index (χ1n) is 7.63. The van der Waals surface area contributed by atoms with Crippen LogP contribution in [-0.4, -0.2) is 40.3 Å². The maximum atomic E-state index is 12.3. The Labute approximate surface area is 127 Å². The number of carboxylic acids is 1. The van der Waals surface area contributed by atoms with Gasteiger partial charge in [0.25, 0.3) is 0 Å². The Bertz CT molecular complexity index is 392. The second-order valence-electron chi connectivity index (χ2n) is 8.12. The van der Waals surface area contributed by atoms with Gasteiger partial charge in [0.15, 0.2) is 0 Å². The highest BCUT2D eigenvalue weighted by Crippen LogP contribution is 2.35. The molecule has 0 spiro atoms. The van der Waals surface area contributed by atoms with E-state index in [1.165, 1.54) is 4.90 Å². The van der Waals surface area contributed by atoms with Crippen molar-refractivity contribution in [3.05, 3.63) is 0 Å². The van der Waals surface area contributed by atoms with E-state index >= 15 is 0 Å². The predicted molar refractivity (Wildman–Crippen MR) is 81.2 cm³/mol. The SMILES string of the molecule is CC(C)(C)CC1CCCN(C(=O)OC(C)(C)C)C1C(=O)O. The third kappa shape index (κ3) is 5.56. The molecule has 0 bridgehead atoms. The van der Waals surface area contributed by atoms with Crippen LogP contribution in [0.2, 0.25) is 0 Å². The summed E-state index contributed by atoms with van der Waals surface area (Å²) in [5.41, 5.74) is -0.577. The monoisotopic (exact) mass is 299 g/mol. The van der Waals surface area contributed by atoms with Gasteiger partial charge in [-0.2, -0.15) is 0 Å². The Morgan fingerprint density at radius 2 is 1.76 bits per heavy atom. The number of rotatable bonds is 2. The zero-order valence-electron chi connectivity index (χ0n) is 14.1. The Morgan fingerprint density at radius 3 is 2.19 bits per heavy atom. The summed E-state index contributed by atoms with van der Waals surface area (Å²) in [6.07, 6.45) is 1.93. The lowest BCUT2D eigenvalue weighted by atomic mass is 9.77. The quantitative estimate of drug-likeness (QED) is 0.847. The summed E-state index contributed by atoms with van der Waals surface area (Å²) >= 11 is 0. The lowest BCUT2D eigenvalue weighted by molar-refractivity contribution is -0.147. The zero-order chi connectivity index (χ0) is 16.4. The topological polar surface area (TPSA) is 66.8 Å². The first kappa shape index (κ1) is 17.8. The van der Waals surface area contributed by atoms with E-state index in [2.05, 4.69) is 20.8 Å². The van der Waals surface area contributed by atoms with Gasteiger partial charge in [-0.15, -0.1) is 0 Å². The molecule has 122 valence electrons. The van der Waals surface area contributed by atoms with Crippen molar-refractivity contribution in [2.75, 3.05) is 6.54 Å². The molecular weight excluding hydrogens is 270 g/mol. The van der Waals surface area contributed by atoms with E-state index < -0.39 is 23.7 Å². The van der Waals surface area contributed by atoms with Crippen LogP contribution in [0.1, 0.15) is 60.8 Å². The Balaban J connectivity index is 2.92. The van der Waals surface area contributed by atoms with Crippen molar-refractivity contribution < 1.29 is 19.4 Å². The van der Waals surface area contributed by atoms with Crippen LogP contribution in [0.15, 0.2) is 0 Å². The molecule has 0 aromatic heterocycles. The smallest absolute Gasteiger partial charge is 0.411 e. The summed E-state index contributed by atoms with van der Waals surface area (Å²) in [6, 6.07) is -0.784. The van der Waals surface area contributed by atoms with Crippen LogP contribution >= 0.6 is 0 Å². The minimum atomic E-state index is -0.935. The lowest BCUT2D eigenvalue weighted by Crippen LogP contribution is -2.54. The average Bonchev–Trinajstić information content (AvgIpc) is 2.23. The molecule has 1 saturated heterocycles. The molecule has 21 heavy (non-hydrogen) atoms. The van der Waals surface area contributed by atoms with E-state index in [0.717, 1.165) is 19.3 Å². The number of hydrogen-bond acceptors (Lipinski definition) is 3. The van der Waals surface area contributed by atoms with Gasteiger partial charge < -0.3 is 9.84 Å². The van der Waals surface area contributed by atoms with E-state index in [0.29, 0.717) is 6.54 Å². The maximum absolute atomic E-state index is 12.3. The van der Waals surface area contributed by atoms with Gasteiger partial charge in [-0.05, 0) is 51.4 Å². The van der Waals surface area contributed by atoms with Gasteiger partial charge >= 0.3 is 12.1 Å². The average molecular weight is 299 g/mol. The molecule has 0 aliphatic carbocycles. The molecule has 1 rings (SSSR count). The number of piperidine rings is 1. The molecule has 1 amide bonds. The summed E-state index contributed by atoms with van der Waals surface area (Å²) in [6.45, 7) is 12.1. The summed E-state index contributed by atoms with van der Waals surface area (Å²) in [4.78, 5) is 25.4. The molecular formula is C16H29NO4. The minimum absolute atomic E-state index is 0.0243.